The molecule has 46 heavy (non-hydrogen) atoms. The summed E-state index contributed by atoms with van der Waals surface area (Å²) in [4.78, 5) is 48.3. The van der Waals surface area contributed by atoms with Crippen molar-refractivity contribution in [1.29, 1.82) is 0 Å². The van der Waals surface area contributed by atoms with E-state index in [9.17, 15) is 19.2 Å². The van der Waals surface area contributed by atoms with Gasteiger partial charge in [-0.2, -0.15) is 10.2 Å². The fourth-order valence-corrected chi connectivity index (χ4v) is 5.67. The minimum absolute atomic E-state index is 0.0836. The first kappa shape index (κ1) is 31.9. The van der Waals surface area contributed by atoms with E-state index in [-0.39, 0.29) is 48.3 Å². The summed E-state index contributed by atoms with van der Waals surface area (Å²) >= 11 is 0. The van der Waals surface area contributed by atoms with E-state index in [1.807, 2.05) is 24.3 Å². The number of para-hydroxylation sites is 2. The fraction of sp³-hybridized carbons (Fsp3) is 0.294. The second kappa shape index (κ2) is 15.0. The molecule has 236 valence electrons. The number of carbonyl (C=O) groups is 4. The standard InChI is InChI=1S/C34H36N8O4/c1-21(43)35-27-12-5-3-8-25(27)19-33(45)37-31-16-14-29(39-41-31)23-10-7-11-24(18-23)30-15-17-32(42-40-30)38-34(46)20-26-9-4-6-13-28(26)36-22(2)44/h3-6,8-9,12-17,23-24H,7,10-11,18-20H2,1-2H3,(H,35,43)(H,36,44)(H,37,41,45)(H,38,42,46). The van der Waals surface area contributed by atoms with Crippen LogP contribution >= 0.6 is 0 Å². The lowest BCUT2D eigenvalue weighted by Crippen LogP contribution is -2.19. The van der Waals surface area contributed by atoms with Crippen molar-refractivity contribution in [3.8, 4) is 0 Å². The van der Waals surface area contributed by atoms with E-state index in [2.05, 4.69) is 41.7 Å². The summed E-state index contributed by atoms with van der Waals surface area (Å²) < 4.78 is 0. The third kappa shape index (κ3) is 8.78. The summed E-state index contributed by atoms with van der Waals surface area (Å²) in [6.45, 7) is 2.85. The molecule has 2 aromatic heterocycles. The van der Waals surface area contributed by atoms with Crippen molar-refractivity contribution in [1.82, 2.24) is 20.4 Å². The molecule has 4 N–H and O–H groups in total. The van der Waals surface area contributed by atoms with E-state index in [1.54, 1.807) is 48.5 Å². The van der Waals surface area contributed by atoms with Gasteiger partial charge >= 0.3 is 0 Å². The third-order valence-electron chi connectivity index (χ3n) is 7.77. The van der Waals surface area contributed by atoms with Crippen molar-refractivity contribution in [2.75, 3.05) is 21.3 Å². The highest BCUT2D eigenvalue weighted by atomic mass is 16.2. The molecule has 1 aliphatic rings. The van der Waals surface area contributed by atoms with Crippen LogP contribution in [0.4, 0.5) is 23.0 Å². The van der Waals surface area contributed by atoms with Gasteiger partial charge in [-0.3, -0.25) is 19.2 Å². The smallest absolute Gasteiger partial charge is 0.230 e. The molecule has 12 heteroatoms. The molecule has 1 saturated carbocycles. The number of nitrogens with one attached hydrogen (secondary N) is 4. The van der Waals surface area contributed by atoms with Crippen molar-refractivity contribution < 1.29 is 19.2 Å². The second-order valence-electron chi connectivity index (χ2n) is 11.4. The highest BCUT2D eigenvalue weighted by Crippen LogP contribution is 2.40. The number of nitrogens with zero attached hydrogens (tertiary/aromatic N) is 4. The maximum Gasteiger partial charge on any atom is 0.230 e. The number of aromatic nitrogens is 4. The maximum atomic E-state index is 12.7. The highest BCUT2D eigenvalue weighted by Gasteiger charge is 2.27. The number of benzene rings is 2. The molecule has 1 fully saturated rings. The summed E-state index contributed by atoms with van der Waals surface area (Å²) in [5.74, 6) is 0.172. The van der Waals surface area contributed by atoms with Crippen molar-refractivity contribution in [3.63, 3.8) is 0 Å². The lowest BCUT2D eigenvalue weighted by molar-refractivity contribution is -0.116. The number of anilines is 4. The van der Waals surface area contributed by atoms with Crippen LogP contribution < -0.4 is 21.3 Å². The zero-order chi connectivity index (χ0) is 32.5. The Hall–Kier alpha value is -5.52. The van der Waals surface area contributed by atoms with Crippen molar-refractivity contribution >= 4 is 46.6 Å². The van der Waals surface area contributed by atoms with Crippen LogP contribution in [0.3, 0.4) is 0 Å². The molecular formula is C34H36N8O4. The predicted molar refractivity (Wildman–Crippen MR) is 174 cm³/mol. The summed E-state index contributed by atoms with van der Waals surface area (Å²) in [5.41, 5.74) is 4.32. The molecular weight excluding hydrogens is 584 g/mol. The molecule has 1 aliphatic carbocycles. The average Bonchev–Trinajstić information content (AvgIpc) is 3.03. The van der Waals surface area contributed by atoms with Gasteiger partial charge in [0.15, 0.2) is 11.6 Å². The summed E-state index contributed by atoms with van der Waals surface area (Å²) in [6.07, 6.45) is 3.94. The van der Waals surface area contributed by atoms with Crippen LogP contribution in [0.25, 0.3) is 0 Å². The van der Waals surface area contributed by atoms with E-state index < -0.39 is 0 Å². The Kier molecular flexibility index (Phi) is 10.4. The Labute approximate surface area is 266 Å². The van der Waals surface area contributed by atoms with Crippen molar-refractivity contribution in [2.45, 2.75) is 64.2 Å². The topological polar surface area (TPSA) is 168 Å². The Bertz CT molecular complexity index is 1580. The van der Waals surface area contributed by atoms with Gasteiger partial charge in [0.1, 0.15) is 0 Å². The van der Waals surface area contributed by atoms with Gasteiger partial charge in [0.2, 0.25) is 23.6 Å². The Morgan fingerprint density at radius 3 is 1.41 bits per heavy atom. The first-order valence-electron chi connectivity index (χ1n) is 15.2. The van der Waals surface area contributed by atoms with Crippen LogP contribution in [0.2, 0.25) is 0 Å². The molecule has 12 nitrogen and oxygen atoms in total. The molecule has 2 heterocycles. The minimum atomic E-state index is -0.259. The normalized spacial score (nSPS) is 15.8. The number of hydrogen-bond acceptors (Lipinski definition) is 8. The van der Waals surface area contributed by atoms with Crippen molar-refractivity contribution in [3.05, 3.63) is 95.3 Å². The Morgan fingerprint density at radius 2 is 1.02 bits per heavy atom. The van der Waals surface area contributed by atoms with Crippen molar-refractivity contribution in [2.24, 2.45) is 0 Å². The third-order valence-corrected chi connectivity index (χ3v) is 7.77. The SMILES string of the molecule is CC(=O)Nc1ccccc1CC(=O)Nc1ccc(C2CCCC(c3ccc(NC(=O)Cc4ccccc4NC(C)=O)nn3)C2)nn1. The van der Waals surface area contributed by atoms with Gasteiger partial charge in [-0.15, -0.1) is 10.2 Å². The molecule has 0 bridgehead atoms. The number of amides is 4. The molecule has 2 atom stereocenters. The van der Waals surface area contributed by atoms with Gasteiger partial charge in [-0.1, -0.05) is 42.8 Å². The van der Waals surface area contributed by atoms with Crippen LogP contribution in [0, 0.1) is 0 Å². The zero-order valence-electron chi connectivity index (χ0n) is 25.7. The van der Waals surface area contributed by atoms with E-state index in [4.69, 9.17) is 0 Å². The quantitative estimate of drug-likeness (QED) is 0.192. The maximum absolute atomic E-state index is 12.7. The fourth-order valence-electron chi connectivity index (χ4n) is 5.67. The molecule has 0 aliphatic heterocycles. The molecule has 2 aromatic carbocycles. The lowest BCUT2D eigenvalue weighted by Gasteiger charge is -2.28. The molecule has 0 saturated heterocycles. The van der Waals surface area contributed by atoms with Crippen LogP contribution in [-0.2, 0) is 32.0 Å². The van der Waals surface area contributed by atoms with Gasteiger partial charge in [-0.25, -0.2) is 0 Å². The van der Waals surface area contributed by atoms with Gasteiger partial charge in [0, 0.05) is 37.1 Å². The average molecular weight is 621 g/mol. The first-order valence-corrected chi connectivity index (χ1v) is 15.2. The largest absolute Gasteiger partial charge is 0.326 e. The van der Waals surface area contributed by atoms with Gasteiger partial charge < -0.3 is 21.3 Å². The molecule has 5 rings (SSSR count). The molecule has 4 aromatic rings. The summed E-state index contributed by atoms with van der Waals surface area (Å²) in [5, 5.41) is 28.4. The molecule has 0 spiro atoms. The number of hydrogen-bond donors (Lipinski definition) is 4. The zero-order valence-corrected chi connectivity index (χ0v) is 25.7. The second-order valence-corrected chi connectivity index (χ2v) is 11.4. The summed E-state index contributed by atoms with van der Waals surface area (Å²) in [6, 6.07) is 21.7. The van der Waals surface area contributed by atoms with Crippen LogP contribution in [0.15, 0.2) is 72.8 Å². The lowest BCUT2D eigenvalue weighted by atomic mass is 9.78. The highest BCUT2D eigenvalue weighted by molar-refractivity contribution is 5.95. The van der Waals surface area contributed by atoms with E-state index in [1.165, 1.54) is 13.8 Å². The predicted octanol–water partition coefficient (Wildman–Crippen LogP) is 4.99. The molecule has 2 unspecified atom stereocenters. The van der Waals surface area contributed by atoms with Crippen LogP contribution in [-0.4, -0.2) is 44.0 Å². The monoisotopic (exact) mass is 620 g/mol. The summed E-state index contributed by atoms with van der Waals surface area (Å²) in [7, 11) is 0. The van der Waals surface area contributed by atoms with E-state index in [0.717, 1.165) is 37.1 Å². The molecule has 4 amide bonds. The first-order chi connectivity index (χ1) is 22.2. The van der Waals surface area contributed by atoms with E-state index in [0.29, 0.717) is 34.1 Å². The Balaban J connectivity index is 1.14. The number of carbonyl (C=O) groups excluding carboxylic acids is 4. The van der Waals surface area contributed by atoms with Gasteiger partial charge in [0.25, 0.3) is 0 Å². The minimum Gasteiger partial charge on any atom is -0.326 e. The number of rotatable bonds is 10. The van der Waals surface area contributed by atoms with Crippen LogP contribution in [0.1, 0.15) is 73.9 Å². The van der Waals surface area contributed by atoms with E-state index >= 15 is 0 Å². The van der Waals surface area contributed by atoms with Crippen LogP contribution in [0.5, 0.6) is 0 Å². The Morgan fingerprint density at radius 1 is 0.587 bits per heavy atom. The van der Waals surface area contributed by atoms with Gasteiger partial charge in [0.05, 0.1) is 24.2 Å². The van der Waals surface area contributed by atoms with Gasteiger partial charge in [-0.05, 0) is 66.8 Å². The molecule has 0 radical (unpaired) electrons.